The molecule has 0 atom stereocenters. The molecule has 1 rings (SSSR count). The van der Waals surface area contributed by atoms with Gasteiger partial charge in [-0.15, -0.1) is 11.8 Å². The summed E-state index contributed by atoms with van der Waals surface area (Å²) >= 11 is 4.25. The van der Waals surface area contributed by atoms with Crippen LogP contribution in [0.25, 0.3) is 0 Å². The predicted octanol–water partition coefficient (Wildman–Crippen LogP) is -4.03. The second-order valence-electron chi connectivity index (χ2n) is 1.83. The third-order valence-corrected chi connectivity index (χ3v) is 2.64. The van der Waals surface area contributed by atoms with Crippen LogP contribution in [0.2, 0.25) is 0 Å². The Hall–Kier alpha value is 3.06. The zero-order chi connectivity index (χ0) is 7.61. The van der Waals surface area contributed by atoms with E-state index < -0.39 is 6.49 Å². The van der Waals surface area contributed by atoms with Crippen molar-refractivity contribution in [3.8, 4) is 0 Å². The summed E-state index contributed by atoms with van der Waals surface area (Å²) in [6.45, 7) is -3.68. The number of hydrogen-bond acceptors (Lipinski definition) is 3. The van der Waals surface area contributed by atoms with Gasteiger partial charge in [-0.25, -0.2) is 0 Å². The Bertz CT molecular complexity index is 262. The molecule has 0 aliphatic heterocycles. The van der Waals surface area contributed by atoms with Crippen molar-refractivity contribution in [1.82, 2.24) is 0 Å². The first-order valence-corrected chi connectivity index (χ1v) is 5.32. The van der Waals surface area contributed by atoms with Gasteiger partial charge in [0.2, 0.25) is 0 Å². The summed E-state index contributed by atoms with van der Waals surface area (Å²) in [6.07, 6.45) is 0. The van der Waals surface area contributed by atoms with Crippen LogP contribution in [0, 0.1) is 0 Å². The summed E-state index contributed by atoms with van der Waals surface area (Å²) in [5.74, 6) is 0. The molecule has 0 unspecified atom stereocenters. The van der Waals surface area contributed by atoms with Crippen LogP contribution in [0.1, 0.15) is 0 Å². The van der Waals surface area contributed by atoms with Gasteiger partial charge in [-0.3, -0.25) is 0 Å². The normalized spacial score (nSPS) is 9.50. The minimum absolute atomic E-state index is 0. The summed E-state index contributed by atoms with van der Waals surface area (Å²) in [7, 11) is 0. The maximum atomic E-state index is 10.7. The number of rotatable bonds is 1. The number of benzene rings is 1. The van der Waals surface area contributed by atoms with Crippen LogP contribution in [0.4, 0.5) is 0 Å². The fourth-order valence-electron chi connectivity index (χ4n) is 0.611. The first-order valence-electron chi connectivity index (χ1n) is 2.68. The van der Waals surface area contributed by atoms with Crippen molar-refractivity contribution in [2.45, 2.75) is 0 Å². The SMILES string of the molecule is [K+].[K].[O-]P([O-])(=S)c1ccccc1. The molecule has 0 amide bonds. The van der Waals surface area contributed by atoms with Gasteiger partial charge in [0.15, 0.2) is 0 Å². The molecule has 1 aromatic rings. The largest absolute Gasteiger partial charge is 1.00 e. The van der Waals surface area contributed by atoms with E-state index in [1.807, 2.05) is 0 Å². The molecule has 1 aromatic carbocycles. The van der Waals surface area contributed by atoms with Gasteiger partial charge >= 0.3 is 51.4 Å². The van der Waals surface area contributed by atoms with Gasteiger partial charge in [0.1, 0.15) is 0 Å². The first-order chi connectivity index (χ1) is 4.61. The molecule has 0 saturated carbocycles. The molecule has 0 fully saturated rings. The molecule has 0 saturated heterocycles. The fraction of sp³-hybridized carbons (Fsp3) is 0. The molecule has 6 heteroatoms. The summed E-state index contributed by atoms with van der Waals surface area (Å²) in [5, 5.41) is 0.213. The topological polar surface area (TPSA) is 46.1 Å². The zero-order valence-corrected chi connectivity index (χ0v) is 15.0. The molecule has 0 aliphatic carbocycles. The summed E-state index contributed by atoms with van der Waals surface area (Å²) in [6, 6.07) is 8.01. The molecule has 55 valence electrons. The summed E-state index contributed by atoms with van der Waals surface area (Å²) in [5.41, 5.74) is 0. The predicted molar refractivity (Wildman–Crippen MR) is 46.1 cm³/mol. The van der Waals surface area contributed by atoms with Crippen molar-refractivity contribution in [3.63, 3.8) is 0 Å². The second kappa shape index (κ2) is 8.24. The van der Waals surface area contributed by atoms with E-state index in [1.54, 1.807) is 18.2 Å². The summed E-state index contributed by atoms with van der Waals surface area (Å²) < 4.78 is 0. The van der Waals surface area contributed by atoms with Crippen molar-refractivity contribution in [2.24, 2.45) is 0 Å². The summed E-state index contributed by atoms with van der Waals surface area (Å²) in [4.78, 5) is 21.4. The average molecular weight is 250 g/mol. The molecule has 0 N–H and O–H groups in total. The standard InChI is InChI=1S/C6H7O2PS.2K/c7-9(8,10)6-4-2-1-3-5-6;;/h1-5H,(H2,7,8,10);;/q;;+1/p-2. The smallest absolute Gasteiger partial charge is 0.829 e. The third-order valence-electron chi connectivity index (χ3n) is 1.07. The quantitative estimate of drug-likeness (QED) is 0.377. The van der Waals surface area contributed by atoms with Gasteiger partial charge in [0.05, 0.1) is 0 Å². The molecule has 1 radical (unpaired) electrons. The van der Waals surface area contributed by atoms with Gasteiger partial charge in [-0.1, -0.05) is 30.3 Å². The molecule has 0 aromatic heterocycles. The molecule has 0 spiro atoms. The van der Waals surface area contributed by atoms with E-state index >= 15 is 0 Å². The molecule has 0 bridgehead atoms. The molecule has 12 heavy (non-hydrogen) atoms. The van der Waals surface area contributed by atoms with E-state index in [2.05, 4.69) is 11.8 Å². The van der Waals surface area contributed by atoms with Gasteiger partial charge in [-0.2, -0.15) is 6.49 Å². The van der Waals surface area contributed by atoms with E-state index in [4.69, 9.17) is 0 Å². The second-order valence-corrected chi connectivity index (χ2v) is 4.79. The maximum Gasteiger partial charge on any atom is 1.00 e. The van der Waals surface area contributed by atoms with Crippen LogP contribution >= 0.6 is 6.49 Å². The van der Waals surface area contributed by atoms with Crippen molar-refractivity contribution in [2.75, 3.05) is 0 Å². The van der Waals surface area contributed by atoms with Gasteiger partial charge in [0, 0.05) is 51.4 Å². The minimum Gasteiger partial charge on any atom is -0.829 e. The Morgan fingerprint density at radius 3 is 1.75 bits per heavy atom. The third kappa shape index (κ3) is 6.53. The van der Waals surface area contributed by atoms with Gasteiger partial charge < -0.3 is 9.79 Å². The van der Waals surface area contributed by atoms with E-state index in [1.165, 1.54) is 12.1 Å². The monoisotopic (exact) mass is 250 g/mol. The Morgan fingerprint density at radius 1 is 1.08 bits per heavy atom. The molecule has 0 aliphatic rings. The first kappa shape index (κ1) is 17.5. The van der Waals surface area contributed by atoms with E-state index in [-0.39, 0.29) is 108 Å². The van der Waals surface area contributed by atoms with Crippen LogP contribution < -0.4 is 66.5 Å². The zero-order valence-electron chi connectivity index (χ0n) is 7.06. The van der Waals surface area contributed by atoms with Crippen LogP contribution in [-0.2, 0) is 11.8 Å². The van der Waals surface area contributed by atoms with Gasteiger partial charge in [0.25, 0.3) is 0 Å². The number of hydrogen-bond donors (Lipinski definition) is 0. The average Bonchev–Trinajstić information content (AvgIpc) is 1.88. The molecule has 0 heterocycles. The van der Waals surface area contributed by atoms with Crippen LogP contribution in [0.15, 0.2) is 30.3 Å². The van der Waals surface area contributed by atoms with Crippen LogP contribution in [-0.4, -0.2) is 51.4 Å². The fourth-order valence-corrected chi connectivity index (χ4v) is 1.51. The van der Waals surface area contributed by atoms with Crippen molar-refractivity contribution in [1.29, 1.82) is 0 Å². The Morgan fingerprint density at radius 2 is 1.50 bits per heavy atom. The van der Waals surface area contributed by atoms with Crippen molar-refractivity contribution >= 4 is 75.0 Å². The van der Waals surface area contributed by atoms with E-state index in [9.17, 15) is 9.79 Å². The maximum absolute atomic E-state index is 10.7. The minimum atomic E-state index is -3.68. The van der Waals surface area contributed by atoms with Crippen LogP contribution in [0.3, 0.4) is 0 Å². The van der Waals surface area contributed by atoms with E-state index in [0.29, 0.717) is 0 Å². The van der Waals surface area contributed by atoms with Crippen molar-refractivity contribution < 1.29 is 61.2 Å². The molecular formula is C6H5K2O2PS-. The van der Waals surface area contributed by atoms with Crippen molar-refractivity contribution in [3.05, 3.63) is 30.3 Å². The van der Waals surface area contributed by atoms with E-state index in [0.717, 1.165) is 0 Å². The molecule has 2 nitrogen and oxygen atoms in total. The Balaban J connectivity index is 0. The Labute approximate surface area is 162 Å². The van der Waals surface area contributed by atoms with Crippen LogP contribution in [0.5, 0.6) is 0 Å². The Kier molecular flexibility index (Phi) is 12.0. The van der Waals surface area contributed by atoms with Gasteiger partial charge in [-0.05, 0) is 5.30 Å². The molecular weight excluding hydrogens is 245 g/mol.